The monoisotopic (exact) mass is 322 g/mol. The van der Waals surface area contributed by atoms with Crippen molar-refractivity contribution >= 4 is 0 Å². The van der Waals surface area contributed by atoms with Gasteiger partial charge in [0.05, 0.1) is 0 Å². The van der Waals surface area contributed by atoms with E-state index in [1.807, 2.05) is 0 Å². The first kappa shape index (κ1) is 17.1. The number of benzene rings is 1. The van der Waals surface area contributed by atoms with Gasteiger partial charge >= 0.3 is 0 Å². The molecule has 1 aliphatic rings. The lowest BCUT2D eigenvalue weighted by Crippen LogP contribution is -2.14. The van der Waals surface area contributed by atoms with Crippen molar-refractivity contribution in [2.75, 3.05) is 0 Å². The van der Waals surface area contributed by atoms with Crippen molar-refractivity contribution in [1.82, 2.24) is 9.97 Å². The number of hydrogen-bond acceptors (Lipinski definition) is 2. The fourth-order valence-electron chi connectivity index (χ4n) is 3.91. The van der Waals surface area contributed by atoms with E-state index in [1.54, 1.807) is 0 Å². The van der Waals surface area contributed by atoms with E-state index >= 15 is 0 Å². The standard InChI is InChI=1S/C22H30N2/c1-3-4-18-9-12-20(13-10-18)21-15-23-22(24-16-21)14-11-19-7-5-17(2)6-8-19/h5-8,15-16,18,20H,3-4,9-14H2,1-2H3/t18-,20-. The van der Waals surface area contributed by atoms with Gasteiger partial charge in [0.2, 0.25) is 0 Å². The Morgan fingerprint density at radius 3 is 2.21 bits per heavy atom. The van der Waals surface area contributed by atoms with Gasteiger partial charge in [0.15, 0.2) is 0 Å². The van der Waals surface area contributed by atoms with Crippen LogP contribution in [0.25, 0.3) is 0 Å². The van der Waals surface area contributed by atoms with Crippen molar-refractivity contribution in [3.05, 3.63) is 59.2 Å². The first-order valence-electron chi connectivity index (χ1n) is 9.61. The Morgan fingerprint density at radius 2 is 1.58 bits per heavy atom. The minimum absolute atomic E-state index is 0.684. The van der Waals surface area contributed by atoms with Gasteiger partial charge in [0.1, 0.15) is 5.82 Å². The highest BCUT2D eigenvalue weighted by molar-refractivity contribution is 5.22. The zero-order valence-electron chi connectivity index (χ0n) is 15.2. The molecule has 0 atom stereocenters. The summed E-state index contributed by atoms with van der Waals surface area (Å²) in [6, 6.07) is 8.76. The molecule has 0 spiro atoms. The minimum atomic E-state index is 0.684. The molecular weight excluding hydrogens is 292 g/mol. The lowest BCUT2D eigenvalue weighted by Gasteiger charge is -2.28. The number of nitrogens with zero attached hydrogens (tertiary/aromatic N) is 2. The highest BCUT2D eigenvalue weighted by atomic mass is 14.9. The maximum Gasteiger partial charge on any atom is 0.128 e. The molecule has 24 heavy (non-hydrogen) atoms. The summed E-state index contributed by atoms with van der Waals surface area (Å²) in [5.41, 5.74) is 4.03. The second kappa shape index (κ2) is 8.41. The molecule has 0 N–H and O–H groups in total. The quantitative estimate of drug-likeness (QED) is 0.687. The molecule has 0 bridgehead atoms. The van der Waals surface area contributed by atoms with Crippen LogP contribution in [-0.4, -0.2) is 9.97 Å². The van der Waals surface area contributed by atoms with Crippen molar-refractivity contribution < 1.29 is 0 Å². The van der Waals surface area contributed by atoms with Gasteiger partial charge in [-0.1, -0.05) is 49.6 Å². The van der Waals surface area contributed by atoms with Gasteiger partial charge in [-0.05, 0) is 62.0 Å². The van der Waals surface area contributed by atoms with Gasteiger partial charge in [0.25, 0.3) is 0 Å². The van der Waals surface area contributed by atoms with E-state index in [0.717, 1.165) is 24.6 Å². The molecule has 2 heteroatoms. The maximum atomic E-state index is 4.63. The molecule has 0 radical (unpaired) electrons. The van der Waals surface area contributed by atoms with Gasteiger partial charge < -0.3 is 0 Å². The van der Waals surface area contributed by atoms with Crippen LogP contribution in [0.4, 0.5) is 0 Å². The highest BCUT2D eigenvalue weighted by Crippen LogP contribution is 2.36. The van der Waals surface area contributed by atoms with Crippen LogP contribution >= 0.6 is 0 Å². The maximum absolute atomic E-state index is 4.63. The average Bonchev–Trinajstić information content (AvgIpc) is 2.63. The lowest BCUT2D eigenvalue weighted by atomic mass is 9.78. The van der Waals surface area contributed by atoms with E-state index in [4.69, 9.17) is 0 Å². The van der Waals surface area contributed by atoms with Crippen LogP contribution in [-0.2, 0) is 12.8 Å². The summed E-state index contributed by atoms with van der Waals surface area (Å²) >= 11 is 0. The number of aryl methyl sites for hydroxylation is 3. The fourth-order valence-corrected chi connectivity index (χ4v) is 3.91. The summed E-state index contributed by atoms with van der Waals surface area (Å²) < 4.78 is 0. The highest BCUT2D eigenvalue weighted by Gasteiger charge is 2.22. The molecule has 1 aliphatic carbocycles. The van der Waals surface area contributed by atoms with E-state index in [9.17, 15) is 0 Å². The van der Waals surface area contributed by atoms with E-state index in [0.29, 0.717) is 5.92 Å². The minimum Gasteiger partial charge on any atom is -0.241 e. The Kier molecular flexibility index (Phi) is 6.01. The molecule has 0 aliphatic heterocycles. The van der Waals surface area contributed by atoms with Gasteiger partial charge in [0, 0.05) is 18.8 Å². The van der Waals surface area contributed by atoms with Crippen LogP contribution in [0.1, 0.15) is 73.9 Å². The second-order valence-corrected chi connectivity index (χ2v) is 7.42. The zero-order valence-corrected chi connectivity index (χ0v) is 15.2. The summed E-state index contributed by atoms with van der Waals surface area (Å²) in [6.07, 6.45) is 14.2. The summed E-state index contributed by atoms with van der Waals surface area (Å²) in [7, 11) is 0. The molecular formula is C22H30N2. The molecule has 1 fully saturated rings. The van der Waals surface area contributed by atoms with E-state index < -0.39 is 0 Å². The predicted molar refractivity (Wildman–Crippen MR) is 100 cm³/mol. The molecule has 0 amide bonds. The SMILES string of the molecule is CCC[C@H]1CC[C@H](c2cnc(CCc3ccc(C)cc3)nc2)CC1. The van der Waals surface area contributed by atoms with Gasteiger partial charge in [-0.2, -0.15) is 0 Å². The van der Waals surface area contributed by atoms with E-state index in [2.05, 4.69) is 60.5 Å². The van der Waals surface area contributed by atoms with Crippen LogP contribution in [0.5, 0.6) is 0 Å². The number of aromatic nitrogens is 2. The Morgan fingerprint density at radius 1 is 0.917 bits per heavy atom. The van der Waals surface area contributed by atoms with E-state index in [-0.39, 0.29) is 0 Å². The van der Waals surface area contributed by atoms with Crippen molar-refractivity contribution in [2.45, 2.75) is 71.1 Å². The predicted octanol–water partition coefficient (Wildman–Crippen LogP) is 5.64. The average molecular weight is 322 g/mol. The zero-order chi connectivity index (χ0) is 16.8. The molecule has 1 saturated carbocycles. The molecule has 1 aromatic heterocycles. The number of rotatable bonds is 6. The van der Waals surface area contributed by atoms with Crippen molar-refractivity contribution in [2.24, 2.45) is 5.92 Å². The topological polar surface area (TPSA) is 25.8 Å². The van der Waals surface area contributed by atoms with Crippen LogP contribution in [0.2, 0.25) is 0 Å². The van der Waals surface area contributed by atoms with Crippen LogP contribution in [0.15, 0.2) is 36.7 Å². The van der Waals surface area contributed by atoms with Crippen molar-refractivity contribution in [3.8, 4) is 0 Å². The smallest absolute Gasteiger partial charge is 0.128 e. The number of hydrogen-bond donors (Lipinski definition) is 0. The fraction of sp³-hybridized carbons (Fsp3) is 0.545. The largest absolute Gasteiger partial charge is 0.241 e. The molecule has 1 heterocycles. The Balaban J connectivity index is 1.51. The molecule has 3 rings (SSSR count). The lowest BCUT2D eigenvalue weighted by molar-refractivity contribution is 0.307. The summed E-state index contributed by atoms with van der Waals surface area (Å²) in [6.45, 7) is 4.43. The van der Waals surface area contributed by atoms with Gasteiger partial charge in [-0.15, -0.1) is 0 Å². The third kappa shape index (κ3) is 4.66. The normalized spacial score (nSPS) is 20.9. The molecule has 0 saturated heterocycles. The molecule has 2 aromatic rings. The van der Waals surface area contributed by atoms with Crippen molar-refractivity contribution in [3.63, 3.8) is 0 Å². The van der Waals surface area contributed by atoms with Gasteiger partial charge in [-0.25, -0.2) is 9.97 Å². The third-order valence-electron chi connectivity index (χ3n) is 5.50. The van der Waals surface area contributed by atoms with Crippen molar-refractivity contribution in [1.29, 1.82) is 0 Å². The summed E-state index contributed by atoms with van der Waals surface area (Å²) in [5.74, 6) is 2.61. The summed E-state index contributed by atoms with van der Waals surface area (Å²) in [5, 5.41) is 0. The Labute approximate surface area is 146 Å². The van der Waals surface area contributed by atoms with Crippen LogP contribution in [0.3, 0.4) is 0 Å². The second-order valence-electron chi connectivity index (χ2n) is 7.42. The molecule has 128 valence electrons. The molecule has 1 aromatic carbocycles. The summed E-state index contributed by atoms with van der Waals surface area (Å²) in [4.78, 5) is 9.26. The first-order valence-corrected chi connectivity index (χ1v) is 9.61. The molecule has 2 nitrogen and oxygen atoms in total. The first-order chi connectivity index (χ1) is 11.7. The third-order valence-corrected chi connectivity index (χ3v) is 5.50. The van der Waals surface area contributed by atoms with E-state index in [1.165, 1.54) is 55.2 Å². The van der Waals surface area contributed by atoms with Crippen LogP contribution in [0, 0.1) is 12.8 Å². The van der Waals surface area contributed by atoms with Crippen LogP contribution < -0.4 is 0 Å². The van der Waals surface area contributed by atoms with Gasteiger partial charge in [-0.3, -0.25) is 0 Å². The molecule has 0 unspecified atom stereocenters. The Bertz CT molecular complexity index is 607. The Hall–Kier alpha value is -1.70.